The highest BCUT2D eigenvalue weighted by molar-refractivity contribution is 7.98. The van der Waals surface area contributed by atoms with E-state index in [4.69, 9.17) is 5.73 Å². The third kappa shape index (κ3) is 5.82. The van der Waals surface area contributed by atoms with Crippen LogP contribution in [0.15, 0.2) is 0 Å². The van der Waals surface area contributed by atoms with Crippen LogP contribution in [0, 0.1) is 0 Å². The minimum absolute atomic E-state index is 0.373. The van der Waals surface area contributed by atoms with Crippen molar-refractivity contribution in [3.05, 3.63) is 0 Å². The lowest BCUT2D eigenvalue weighted by Gasteiger charge is -2.09. The van der Waals surface area contributed by atoms with Gasteiger partial charge < -0.3 is 15.2 Å². The van der Waals surface area contributed by atoms with Crippen molar-refractivity contribution in [2.24, 2.45) is 5.73 Å². The summed E-state index contributed by atoms with van der Waals surface area (Å²) in [4.78, 5) is 21.7. The Hall–Kier alpha value is -0.750. The van der Waals surface area contributed by atoms with Gasteiger partial charge in [0.1, 0.15) is 6.04 Å². The summed E-state index contributed by atoms with van der Waals surface area (Å²) in [5, 5.41) is 0. The molecule has 0 amide bonds. The average molecular weight is 221 g/mol. The van der Waals surface area contributed by atoms with Gasteiger partial charge in [-0.05, 0) is 18.4 Å². The van der Waals surface area contributed by atoms with Gasteiger partial charge in [0.2, 0.25) is 0 Å². The Morgan fingerprint density at radius 1 is 1.50 bits per heavy atom. The molecule has 0 aliphatic heterocycles. The zero-order valence-electron chi connectivity index (χ0n) is 8.32. The van der Waals surface area contributed by atoms with Gasteiger partial charge in [-0.25, -0.2) is 4.79 Å². The van der Waals surface area contributed by atoms with E-state index in [-0.39, 0.29) is 6.61 Å². The predicted molar refractivity (Wildman–Crippen MR) is 53.9 cm³/mol. The summed E-state index contributed by atoms with van der Waals surface area (Å²) in [6.07, 6.45) is 2.47. The fourth-order valence-electron chi connectivity index (χ4n) is 0.659. The van der Waals surface area contributed by atoms with Crippen molar-refractivity contribution in [2.45, 2.75) is 12.5 Å². The highest BCUT2D eigenvalue weighted by Gasteiger charge is 2.15. The van der Waals surface area contributed by atoms with Gasteiger partial charge in [-0.3, -0.25) is 4.79 Å². The summed E-state index contributed by atoms with van der Waals surface area (Å²) < 4.78 is 8.91. The molecule has 0 unspecified atom stereocenters. The monoisotopic (exact) mass is 221 g/mol. The van der Waals surface area contributed by atoms with E-state index in [9.17, 15) is 9.59 Å². The minimum atomic E-state index is -0.660. The molecule has 0 aliphatic rings. The highest BCUT2D eigenvalue weighted by atomic mass is 32.2. The Bertz CT molecular complexity index is 198. The van der Waals surface area contributed by atoms with Gasteiger partial charge in [-0.2, -0.15) is 11.8 Å². The number of methoxy groups -OCH3 is 1. The molecule has 5 nitrogen and oxygen atoms in total. The fraction of sp³-hybridized carbons (Fsp3) is 0.750. The lowest BCUT2D eigenvalue weighted by Crippen LogP contribution is -2.34. The smallest absolute Gasteiger partial charge is 0.344 e. The van der Waals surface area contributed by atoms with E-state index >= 15 is 0 Å². The second-order valence-corrected chi connectivity index (χ2v) is 3.56. The van der Waals surface area contributed by atoms with Gasteiger partial charge in [0.15, 0.2) is 6.61 Å². The normalized spacial score (nSPS) is 11.9. The molecule has 0 radical (unpaired) electrons. The van der Waals surface area contributed by atoms with Crippen molar-refractivity contribution in [1.82, 2.24) is 0 Å². The van der Waals surface area contributed by atoms with E-state index in [1.165, 1.54) is 7.11 Å². The molecule has 0 aromatic carbocycles. The largest absolute Gasteiger partial charge is 0.466 e. The Morgan fingerprint density at radius 3 is 2.64 bits per heavy atom. The maximum atomic E-state index is 11.1. The van der Waals surface area contributed by atoms with Crippen LogP contribution in [0.5, 0.6) is 0 Å². The van der Waals surface area contributed by atoms with Crippen LogP contribution >= 0.6 is 11.8 Å². The van der Waals surface area contributed by atoms with Crippen molar-refractivity contribution >= 4 is 23.7 Å². The third-order valence-corrected chi connectivity index (χ3v) is 2.14. The molecule has 14 heavy (non-hydrogen) atoms. The summed E-state index contributed by atoms with van der Waals surface area (Å²) in [6.45, 7) is -0.373. The Morgan fingerprint density at radius 2 is 2.14 bits per heavy atom. The quantitative estimate of drug-likeness (QED) is 0.625. The predicted octanol–water partition coefficient (Wildman–Crippen LogP) is -0.217. The van der Waals surface area contributed by atoms with E-state index in [2.05, 4.69) is 9.47 Å². The number of thioether (sulfide) groups is 1. The van der Waals surface area contributed by atoms with Crippen LogP contribution in [0.2, 0.25) is 0 Å². The first-order valence-electron chi connectivity index (χ1n) is 4.09. The van der Waals surface area contributed by atoms with E-state index in [1.54, 1.807) is 11.8 Å². The molecule has 0 bridgehead atoms. The third-order valence-electron chi connectivity index (χ3n) is 1.50. The van der Waals surface area contributed by atoms with Gasteiger partial charge in [-0.1, -0.05) is 0 Å². The first kappa shape index (κ1) is 13.2. The number of rotatable bonds is 6. The molecule has 0 aromatic heterocycles. The molecule has 0 saturated heterocycles. The first-order valence-corrected chi connectivity index (χ1v) is 5.49. The number of esters is 2. The molecule has 6 heteroatoms. The molecule has 82 valence electrons. The standard InChI is InChI=1S/C8H15NO4S/c1-12-7(10)5-13-8(11)6(9)3-4-14-2/h6H,3-5,9H2,1-2H3/t6-/m0/s1. The topological polar surface area (TPSA) is 78.6 Å². The van der Waals surface area contributed by atoms with Crippen LogP contribution in [0.4, 0.5) is 0 Å². The number of ether oxygens (including phenoxy) is 2. The van der Waals surface area contributed by atoms with E-state index < -0.39 is 18.0 Å². The second kappa shape index (κ2) is 7.64. The zero-order chi connectivity index (χ0) is 11.0. The molecule has 0 aliphatic carbocycles. The molecule has 0 rings (SSSR count). The van der Waals surface area contributed by atoms with Crippen molar-refractivity contribution in [3.63, 3.8) is 0 Å². The van der Waals surface area contributed by atoms with E-state index in [1.807, 2.05) is 6.26 Å². The molecule has 0 heterocycles. The number of nitrogens with two attached hydrogens (primary N) is 1. The lowest BCUT2D eigenvalue weighted by molar-refractivity contribution is -0.157. The Labute approximate surface area is 87.3 Å². The first-order chi connectivity index (χ1) is 6.61. The summed E-state index contributed by atoms with van der Waals surface area (Å²) in [7, 11) is 1.23. The van der Waals surface area contributed by atoms with Crippen LogP contribution in [0.25, 0.3) is 0 Å². The van der Waals surface area contributed by atoms with Crippen molar-refractivity contribution in [2.75, 3.05) is 25.7 Å². The van der Waals surface area contributed by atoms with Gasteiger partial charge in [0.05, 0.1) is 7.11 Å². The second-order valence-electron chi connectivity index (χ2n) is 2.57. The number of hydrogen-bond acceptors (Lipinski definition) is 6. The van der Waals surface area contributed by atoms with E-state index in [0.29, 0.717) is 6.42 Å². The minimum Gasteiger partial charge on any atom is -0.466 e. The van der Waals surface area contributed by atoms with Crippen molar-refractivity contribution in [3.8, 4) is 0 Å². The SMILES string of the molecule is COC(=O)COC(=O)[C@@H](N)CCSC. The summed E-state index contributed by atoms with van der Waals surface area (Å²) in [5.41, 5.74) is 5.49. The zero-order valence-corrected chi connectivity index (χ0v) is 9.13. The molecular formula is C8H15NO4S. The van der Waals surface area contributed by atoms with Crippen molar-refractivity contribution < 1.29 is 19.1 Å². The fourth-order valence-corrected chi connectivity index (χ4v) is 1.15. The summed E-state index contributed by atoms with van der Waals surface area (Å²) >= 11 is 1.60. The van der Waals surface area contributed by atoms with Crippen LogP contribution in [-0.4, -0.2) is 43.7 Å². The molecule has 0 fully saturated rings. The molecule has 0 aromatic rings. The van der Waals surface area contributed by atoms with Gasteiger partial charge in [-0.15, -0.1) is 0 Å². The number of carbonyl (C=O) groups is 2. The Kier molecular flexibility index (Phi) is 7.23. The van der Waals surface area contributed by atoms with Gasteiger partial charge >= 0.3 is 11.9 Å². The van der Waals surface area contributed by atoms with Crippen LogP contribution in [0.1, 0.15) is 6.42 Å². The maximum absolute atomic E-state index is 11.1. The molecule has 0 saturated carbocycles. The number of hydrogen-bond donors (Lipinski definition) is 1. The van der Waals surface area contributed by atoms with Crippen LogP contribution < -0.4 is 5.73 Å². The lowest BCUT2D eigenvalue weighted by atomic mass is 10.2. The summed E-state index contributed by atoms with van der Waals surface area (Å²) in [6, 6.07) is -0.660. The molecule has 1 atom stereocenters. The molecule has 0 spiro atoms. The van der Waals surface area contributed by atoms with E-state index in [0.717, 1.165) is 5.75 Å². The van der Waals surface area contributed by atoms with Gasteiger partial charge in [0.25, 0.3) is 0 Å². The van der Waals surface area contributed by atoms with Gasteiger partial charge in [0, 0.05) is 0 Å². The summed E-state index contributed by atoms with van der Waals surface area (Å²) in [5.74, 6) is -0.367. The van der Waals surface area contributed by atoms with Crippen LogP contribution in [0.3, 0.4) is 0 Å². The average Bonchev–Trinajstić information content (AvgIpc) is 2.21. The molecule has 2 N–H and O–H groups in total. The maximum Gasteiger partial charge on any atom is 0.344 e. The highest BCUT2D eigenvalue weighted by Crippen LogP contribution is 2.00. The molecular weight excluding hydrogens is 206 g/mol. The van der Waals surface area contributed by atoms with Crippen LogP contribution in [-0.2, 0) is 19.1 Å². The Balaban J connectivity index is 3.67. The van der Waals surface area contributed by atoms with Crippen molar-refractivity contribution in [1.29, 1.82) is 0 Å². The number of carbonyl (C=O) groups excluding carboxylic acids is 2.